The maximum atomic E-state index is 12.4. The highest BCUT2D eigenvalue weighted by molar-refractivity contribution is 6.02. The van der Waals surface area contributed by atoms with Crippen LogP contribution >= 0.6 is 0 Å². The lowest BCUT2D eigenvalue weighted by Gasteiger charge is -2.19. The first kappa shape index (κ1) is 16.0. The molecule has 1 amide bonds. The molecule has 6 heteroatoms. The fraction of sp³-hybridized carbons (Fsp3) is 0.278. The minimum atomic E-state index is -0.461. The van der Waals surface area contributed by atoms with Crippen LogP contribution in [0.4, 0.5) is 0 Å². The Morgan fingerprint density at radius 3 is 2.29 bits per heavy atom. The van der Waals surface area contributed by atoms with E-state index in [4.69, 9.17) is 14.2 Å². The number of hydrogen-bond donors (Lipinski definition) is 2. The minimum absolute atomic E-state index is 0.0330. The SMILES string of the molecule is COc1cc(C)cc(C2NC(=O)c3c(OC)cc(O)cc32)c1OC. The second-order valence-corrected chi connectivity index (χ2v) is 5.61. The molecular formula is C18H19NO5. The number of phenols is 1. The zero-order chi connectivity index (χ0) is 17.4. The summed E-state index contributed by atoms with van der Waals surface area (Å²) in [5.41, 5.74) is 2.79. The van der Waals surface area contributed by atoms with Gasteiger partial charge < -0.3 is 24.6 Å². The van der Waals surface area contributed by atoms with Crippen molar-refractivity contribution in [3.8, 4) is 23.0 Å². The lowest BCUT2D eigenvalue weighted by atomic mass is 9.95. The molecule has 1 aliphatic heterocycles. The quantitative estimate of drug-likeness (QED) is 0.901. The van der Waals surface area contributed by atoms with E-state index in [1.807, 2.05) is 19.1 Å². The molecule has 2 aromatic carbocycles. The van der Waals surface area contributed by atoms with Crippen molar-refractivity contribution in [2.45, 2.75) is 13.0 Å². The molecule has 0 fully saturated rings. The molecule has 2 aromatic rings. The third-order valence-electron chi connectivity index (χ3n) is 4.11. The van der Waals surface area contributed by atoms with Crippen LogP contribution in [-0.2, 0) is 0 Å². The van der Waals surface area contributed by atoms with Gasteiger partial charge in [0, 0.05) is 11.6 Å². The van der Waals surface area contributed by atoms with E-state index >= 15 is 0 Å². The molecule has 0 aliphatic carbocycles. The molecule has 1 atom stereocenters. The summed E-state index contributed by atoms with van der Waals surface area (Å²) in [6.45, 7) is 1.94. The number of amides is 1. The van der Waals surface area contributed by atoms with E-state index in [9.17, 15) is 9.90 Å². The Hall–Kier alpha value is -2.89. The highest BCUT2D eigenvalue weighted by atomic mass is 16.5. The van der Waals surface area contributed by atoms with Crippen LogP contribution in [0.5, 0.6) is 23.0 Å². The molecule has 0 radical (unpaired) electrons. The Balaban J connectivity index is 2.23. The Labute approximate surface area is 140 Å². The number of hydrogen-bond acceptors (Lipinski definition) is 5. The number of benzene rings is 2. The number of phenolic OH excluding ortho intramolecular Hbond substituents is 1. The number of methoxy groups -OCH3 is 3. The van der Waals surface area contributed by atoms with Gasteiger partial charge in [-0.05, 0) is 36.2 Å². The molecule has 24 heavy (non-hydrogen) atoms. The molecule has 2 N–H and O–H groups in total. The smallest absolute Gasteiger partial charge is 0.256 e. The second kappa shape index (κ2) is 5.96. The first-order valence-electron chi connectivity index (χ1n) is 7.44. The predicted molar refractivity (Wildman–Crippen MR) is 88.3 cm³/mol. The van der Waals surface area contributed by atoms with Crippen LogP contribution in [-0.4, -0.2) is 32.3 Å². The molecule has 1 unspecified atom stereocenters. The molecule has 126 valence electrons. The van der Waals surface area contributed by atoms with Crippen LogP contribution in [0.1, 0.15) is 33.1 Å². The average molecular weight is 329 g/mol. The first-order chi connectivity index (χ1) is 11.5. The summed E-state index contributed by atoms with van der Waals surface area (Å²) >= 11 is 0. The van der Waals surface area contributed by atoms with Gasteiger partial charge in [0.15, 0.2) is 11.5 Å². The van der Waals surface area contributed by atoms with Crippen molar-refractivity contribution in [1.29, 1.82) is 0 Å². The third kappa shape index (κ3) is 2.40. The highest BCUT2D eigenvalue weighted by Crippen LogP contribution is 2.44. The van der Waals surface area contributed by atoms with Gasteiger partial charge in [-0.25, -0.2) is 0 Å². The number of aromatic hydroxyl groups is 1. The summed E-state index contributed by atoms with van der Waals surface area (Å²) in [5.74, 6) is 1.24. The van der Waals surface area contributed by atoms with E-state index in [-0.39, 0.29) is 11.7 Å². The molecule has 1 aliphatic rings. The van der Waals surface area contributed by atoms with E-state index < -0.39 is 6.04 Å². The van der Waals surface area contributed by atoms with Crippen molar-refractivity contribution in [2.24, 2.45) is 0 Å². The standard InChI is InChI=1S/C18H19NO5/c1-9-5-12(17(24-4)14(6-9)23-3)16-11-7-10(20)8-13(22-2)15(11)18(21)19-16/h5-8,16,20H,1-4H3,(H,19,21). The van der Waals surface area contributed by atoms with Crippen molar-refractivity contribution in [3.63, 3.8) is 0 Å². The van der Waals surface area contributed by atoms with Crippen LogP contribution < -0.4 is 19.5 Å². The maximum absolute atomic E-state index is 12.4. The number of carbonyl (C=O) groups excluding carboxylic acids is 1. The van der Waals surface area contributed by atoms with E-state index in [0.717, 1.165) is 11.1 Å². The monoisotopic (exact) mass is 329 g/mol. The normalized spacial score (nSPS) is 15.7. The van der Waals surface area contributed by atoms with Gasteiger partial charge in [-0.3, -0.25) is 4.79 Å². The Kier molecular flexibility index (Phi) is 3.97. The van der Waals surface area contributed by atoms with Crippen LogP contribution in [0.15, 0.2) is 24.3 Å². The lowest BCUT2D eigenvalue weighted by Crippen LogP contribution is -2.20. The summed E-state index contributed by atoms with van der Waals surface area (Å²) in [6, 6.07) is 6.32. The van der Waals surface area contributed by atoms with Crippen LogP contribution in [0, 0.1) is 6.92 Å². The number of aryl methyl sites for hydroxylation is 1. The average Bonchev–Trinajstić information content (AvgIpc) is 2.89. The fourth-order valence-electron chi connectivity index (χ4n) is 3.13. The second-order valence-electron chi connectivity index (χ2n) is 5.61. The molecule has 3 rings (SSSR count). The fourth-order valence-corrected chi connectivity index (χ4v) is 3.13. The molecule has 0 saturated heterocycles. The number of nitrogens with one attached hydrogen (secondary N) is 1. The number of fused-ring (bicyclic) bond motifs is 1. The first-order valence-corrected chi connectivity index (χ1v) is 7.44. The summed E-state index contributed by atoms with van der Waals surface area (Å²) < 4.78 is 16.1. The Morgan fingerprint density at radius 2 is 1.67 bits per heavy atom. The van der Waals surface area contributed by atoms with Crippen molar-refractivity contribution in [1.82, 2.24) is 5.32 Å². The van der Waals surface area contributed by atoms with E-state index in [1.54, 1.807) is 20.3 Å². The van der Waals surface area contributed by atoms with Crippen LogP contribution in [0.25, 0.3) is 0 Å². The number of carbonyl (C=O) groups is 1. The number of rotatable bonds is 4. The summed E-state index contributed by atoms with van der Waals surface area (Å²) in [7, 11) is 4.58. The van der Waals surface area contributed by atoms with Crippen molar-refractivity contribution in [2.75, 3.05) is 21.3 Å². The molecule has 0 saturated carbocycles. The molecule has 6 nitrogen and oxygen atoms in total. The summed E-state index contributed by atoms with van der Waals surface area (Å²) in [6.07, 6.45) is 0. The molecule has 0 bridgehead atoms. The van der Waals surface area contributed by atoms with Gasteiger partial charge in [0.2, 0.25) is 0 Å². The van der Waals surface area contributed by atoms with Gasteiger partial charge in [0.05, 0.1) is 32.9 Å². The van der Waals surface area contributed by atoms with Crippen molar-refractivity contribution in [3.05, 3.63) is 46.5 Å². The van der Waals surface area contributed by atoms with E-state index in [0.29, 0.717) is 28.4 Å². The van der Waals surface area contributed by atoms with Gasteiger partial charge >= 0.3 is 0 Å². The Morgan fingerprint density at radius 1 is 0.958 bits per heavy atom. The zero-order valence-electron chi connectivity index (χ0n) is 14.0. The third-order valence-corrected chi connectivity index (χ3v) is 4.11. The topological polar surface area (TPSA) is 77.0 Å². The van der Waals surface area contributed by atoms with Gasteiger partial charge in [-0.1, -0.05) is 0 Å². The van der Waals surface area contributed by atoms with Crippen LogP contribution in [0.3, 0.4) is 0 Å². The van der Waals surface area contributed by atoms with Crippen LogP contribution in [0.2, 0.25) is 0 Å². The van der Waals surface area contributed by atoms with Gasteiger partial charge in [-0.2, -0.15) is 0 Å². The predicted octanol–water partition coefficient (Wildman–Crippen LogP) is 2.56. The summed E-state index contributed by atoms with van der Waals surface area (Å²) in [4.78, 5) is 12.4. The molecule has 1 heterocycles. The maximum Gasteiger partial charge on any atom is 0.256 e. The molecular weight excluding hydrogens is 310 g/mol. The van der Waals surface area contributed by atoms with Gasteiger partial charge in [0.25, 0.3) is 5.91 Å². The Bertz CT molecular complexity index is 816. The van der Waals surface area contributed by atoms with Gasteiger partial charge in [0.1, 0.15) is 11.5 Å². The summed E-state index contributed by atoms with van der Waals surface area (Å²) in [5, 5.41) is 12.9. The largest absolute Gasteiger partial charge is 0.508 e. The van der Waals surface area contributed by atoms with Crippen molar-refractivity contribution < 1.29 is 24.1 Å². The highest BCUT2D eigenvalue weighted by Gasteiger charge is 2.35. The molecule has 0 spiro atoms. The molecule has 0 aromatic heterocycles. The lowest BCUT2D eigenvalue weighted by molar-refractivity contribution is 0.0957. The van der Waals surface area contributed by atoms with Crippen molar-refractivity contribution >= 4 is 5.91 Å². The minimum Gasteiger partial charge on any atom is -0.508 e. The number of ether oxygens (including phenoxy) is 3. The van der Waals surface area contributed by atoms with E-state index in [1.165, 1.54) is 13.2 Å². The van der Waals surface area contributed by atoms with E-state index in [2.05, 4.69) is 5.32 Å². The van der Waals surface area contributed by atoms with Gasteiger partial charge in [-0.15, -0.1) is 0 Å². The zero-order valence-corrected chi connectivity index (χ0v) is 14.0.